The first-order valence-electron chi connectivity index (χ1n) is 7.34. The van der Waals surface area contributed by atoms with E-state index in [0.29, 0.717) is 0 Å². The molecule has 1 aliphatic carbocycles. The predicted octanol–water partition coefficient (Wildman–Crippen LogP) is 1.88. The average Bonchev–Trinajstić information content (AvgIpc) is 2.73. The van der Waals surface area contributed by atoms with Crippen molar-refractivity contribution >= 4 is 16.7 Å². The molecule has 114 valence electrons. The monoisotopic (exact) mass is 290 g/mol. The summed E-state index contributed by atoms with van der Waals surface area (Å²) >= 11 is 0. The van der Waals surface area contributed by atoms with Crippen LogP contribution in [0.15, 0.2) is 12.3 Å². The summed E-state index contributed by atoms with van der Waals surface area (Å²) in [7, 11) is 3.65. The Kier molecular flexibility index (Phi) is 3.82. The van der Waals surface area contributed by atoms with Gasteiger partial charge in [-0.1, -0.05) is 0 Å². The van der Waals surface area contributed by atoms with Crippen LogP contribution in [0.1, 0.15) is 19.0 Å². The molecule has 1 N–H and O–H groups in total. The summed E-state index contributed by atoms with van der Waals surface area (Å²) in [6.07, 6.45) is 3.09. The summed E-state index contributed by atoms with van der Waals surface area (Å²) in [6, 6.07) is 2.37. The number of hydrogen-bond donors (Lipinski definition) is 1. The van der Waals surface area contributed by atoms with Gasteiger partial charge in [-0.2, -0.15) is 5.10 Å². The molecule has 1 fully saturated rings. The summed E-state index contributed by atoms with van der Waals surface area (Å²) in [5.41, 5.74) is 2.90. The summed E-state index contributed by atoms with van der Waals surface area (Å²) < 4.78 is 13.0. The Morgan fingerprint density at radius 1 is 1.48 bits per heavy atom. The Hall–Kier alpha value is -1.66. The minimum Gasteiger partial charge on any atom is -0.378 e. The second-order valence-electron chi connectivity index (χ2n) is 5.48. The van der Waals surface area contributed by atoms with Gasteiger partial charge in [-0.3, -0.25) is 4.68 Å². The van der Waals surface area contributed by atoms with Crippen LogP contribution >= 0.6 is 0 Å². The molecule has 2 aromatic heterocycles. The first-order chi connectivity index (χ1) is 10.1. The molecule has 2 heterocycles. The predicted molar refractivity (Wildman–Crippen MR) is 81.5 cm³/mol. The van der Waals surface area contributed by atoms with Crippen molar-refractivity contribution in [2.24, 2.45) is 7.05 Å². The molecule has 3 rings (SSSR count). The first-order valence-corrected chi connectivity index (χ1v) is 7.34. The van der Waals surface area contributed by atoms with E-state index in [4.69, 9.17) is 9.47 Å². The Morgan fingerprint density at radius 2 is 2.29 bits per heavy atom. The van der Waals surface area contributed by atoms with Gasteiger partial charge in [0.05, 0.1) is 29.7 Å². The molecular weight excluding hydrogens is 268 g/mol. The summed E-state index contributed by atoms with van der Waals surface area (Å²) in [4.78, 5) is 4.49. The molecule has 6 heteroatoms. The number of ether oxygens (including phenoxy) is 2. The molecule has 0 saturated heterocycles. The fraction of sp³-hybridized carbons (Fsp3) is 0.600. The van der Waals surface area contributed by atoms with Crippen molar-refractivity contribution in [3.8, 4) is 0 Å². The van der Waals surface area contributed by atoms with Crippen LogP contribution < -0.4 is 5.32 Å². The van der Waals surface area contributed by atoms with Crippen LogP contribution in [0.2, 0.25) is 0 Å². The maximum atomic E-state index is 5.65. The third-order valence-corrected chi connectivity index (χ3v) is 4.12. The van der Waals surface area contributed by atoms with E-state index in [2.05, 4.69) is 21.5 Å². The smallest absolute Gasteiger partial charge is 0.157 e. The SMILES string of the molecule is CCOC1CC(Nc2cnc3c(c2)c(C)nn3C)C1OC. The molecule has 1 saturated carbocycles. The largest absolute Gasteiger partial charge is 0.378 e. The Labute approximate surface area is 124 Å². The van der Waals surface area contributed by atoms with Crippen LogP contribution in [0.4, 0.5) is 5.69 Å². The fourth-order valence-corrected chi connectivity index (χ4v) is 3.02. The van der Waals surface area contributed by atoms with Crippen molar-refractivity contribution in [2.45, 2.75) is 38.5 Å². The molecular formula is C15H22N4O2. The first kappa shape index (κ1) is 14.3. The number of aryl methyl sites for hydroxylation is 2. The van der Waals surface area contributed by atoms with Gasteiger partial charge >= 0.3 is 0 Å². The molecule has 1 aliphatic rings. The second-order valence-corrected chi connectivity index (χ2v) is 5.48. The number of pyridine rings is 1. The minimum atomic E-state index is 0.0932. The van der Waals surface area contributed by atoms with Crippen molar-refractivity contribution in [3.05, 3.63) is 18.0 Å². The van der Waals surface area contributed by atoms with Crippen LogP contribution in [0, 0.1) is 6.92 Å². The molecule has 0 amide bonds. The number of nitrogens with zero attached hydrogens (tertiary/aromatic N) is 3. The molecule has 0 aromatic carbocycles. The number of methoxy groups -OCH3 is 1. The number of rotatable bonds is 5. The zero-order valence-electron chi connectivity index (χ0n) is 13.0. The van der Waals surface area contributed by atoms with Crippen molar-refractivity contribution in [1.82, 2.24) is 14.8 Å². The van der Waals surface area contributed by atoms with Crippen LogP contribution in [-0.4, -0.2) is 46.7 Å². The lowest BCUT2D eigenvalue weighted by atomic mass is 9.85. The van der Waals surface area contributed by atoms with Gasteiger partial charge in [0.25, 0.3) is 0 Å². The standard InChI is InChI=1S/C15H22N4O2/c1-5-21-13-7-12(14(13)20-4)17-10-6-11-9(2)18-19(3)15(11)16-8-10/h6,8,12-14,17H,5,7H2,1-4H3. The zero-order valence-corrected chi connectivity index (χ0v) is 13.0. The molecule has 6 nitrogen and oxygen atoms in total. The Balaban J connectivity index is 1.75. The fourth-order valence-electron chi connectivity index (χ4n) is 3.02. The molecule has 3 atom stereocenters. The Bertz CT molecular complexity index is 640. The Morgan fingerprint density at radius 3 is 3.00 bits per heavy atom. The lowest BCUT2D eigenvalue weighted by Gasteiger charge is -2.43. The van der Waals surface area contributed by atoms with Gasteiger partial charge in [0.2, 0.25) is 0 Å². The topological polar surface area (TPSA) is 61.2 Å². The van der Waals surface area contributed by atoms with Crippen molar-refractivity contribution in [2.75, 3.05) is 19.0 Å². The second kappa shape index (κ2) is 5.61. The number of anilines is 1. The van der Waals surface area contributed by atoms with E-state index in [0.717, 1.165) is 35.4 Å². The van der Waals surface area contributed by atoms with Gasteiger partial charge in [0, 0.05) is 26.2 Å². The van der Waals surface area contributed by atoms with E-state index in [1.165, 1.54) is 0 Å². The maximum Gasteiger partial charge on any atom is 0.157 e. The van der Waals surface area contributed by atoms with Gasteiger partial charge < -0.3 is 14.8 Å². The average molecular weight is 290 g/mol. The van der Waals surface area contributed by atoms with Gasteiger partial charge in [-0.05, 0) is 26.3 Å². The summed E-state index contributed by atoms with van der Waals surface area (Å²) in [5, 5.41) is 8.97. The van der Waals surface area contributed by atoms with Gasteiger partial charge in [0.15, 0.2) is 5.65 Å². The number of nitrogens with one attached hydrogen (secondary N) is 1. The summed E-state index contributed by atoms with van der Waals surface area (Å²) in [6.45, 7) is 4.73. The molecule has 0 aliphatic heterocycles. The third kappa shape index (κ3) is 2.49. The highest BCUT2D eigenvalue weighted by Gasteiger charge is 2.42. The molecule has 2 aromatic rings. The van der Waals surface area contributed by atoms with Gasteiger partial charge in [0.1, 0.15) is 6.10 Å². The van der Waals surface area contributed by atoms with Gasteiger partial charge in [-0.25, -0.2) is 4.98 Å². The van der Waals surface area contributed by atoms with E-state index in [1.807, 2.05) is 27.1 Å². The van der Waals surface area contributed by atoms with Crippen LogP contribution in [0.5, 0.6) is 0 Å². The van der Waals surface area contributed by atoms with Crippen LogP contribution in [0.25, 0.3) is 11.0 Å². The molecule has 3 unspecified atom stereocenters. The highest BCUT2D eigenvalue weighted by atomic mass is 16.5. The lowest BCUT2D eigenvalue weighted by molar-refractivity contribution is -0.118. The van der Waals surface area contributed by atoms with Gasteiger partial charge in [-0.15, -0.1) is 0 Å². The van der Waals surface area contributed by atoms with E-state index in [9.17, 15) is 0 Å². The highest BCUT2D eigenvalue weighted by Crippen LogP contribution is 2.30. The molecule has 0 spiro atoms. The van der Waals surface area contributed by atoms with Crippen LogP contribution in [0.3, 0.4) is 0 Å². The maximum absolute atomic E-state index is 5.65. The number of fused-ring (bicyclic) bond motifs is 1. The van der Waals surface area contributed by atoms with Crippen molar-refractivity contribution < 1.29 is 9.47 Å². The lowest BCUT2D eigenvalue weighted by Crippen LogP contribution is -2.56. The van der Waals surface area contributed by atoms with E-state index in [1.54, 1.807) is 11.8 Å². The quantitative estimate of drug-likeness (QED) is 0.911. The third-order valence-electron chi connectivity index (χ3n) is 4.12. The van der Waals surface area contributed by atoms with Crippen molar-refractivity contribution in [1.29, 1.82) is 0 Å². The molecule has 0 radical (unpaired) electrons. The zero-order chi connectivity index (χ0) is 15.0. The summed E-state index contributed by atoms with van der Waals surface area (Å²) in [5.74, 6) is 0. The van der Waals surface area contributed by atoms with E-state index < -0.39 is 0 Å². The van der Waals surface area contributed by atoms with E-state index in [-0.39, 0.29) is 18.2 Å². The highest BCUT2D eigenvalue weighted by molar-refractivity contribution is 5.81. The number of hydrogen-bond acceptors (Lipinski definition) is 5. The molecule has 0 bridgehead atoms. The van der Waals surface area contributed by atoms with Crippen molar-refractivity contribution in [3.63, 3.8) is 0 Å². The normalized spacial score (nSPS) is 25.0. The molecule has 21 heavy (non-hydrogen) atoms. The van der Waals surface area contributed by atoms with E-state index >= 15 is 0 Å². The minimum absolute atomic E-state index is 0.0932. The van der Waals surface area contributed by atoms with Crippen LogP contribution in [-0.2, 0) is 16.5 Å². The number of aromatic nitrogens is 3.